The number of sulfone groups is 1. The first-order valence-corrected chi connectivity index (χ1v) is 9.69. The summed E-state index contributed by atoms with van der Waals surface area (Å²) < 4.78 is 25.5. The summed E-state index contributed by atoms with van der Waals surface area (Å²) >= 11 is 11.7. The van der Waals surface area contributed by atoms with Crippen molar-refractivity contribution in [1.29, 1.82) is 0 Å². The number of nitrogens with one attached hydrogen (secondary N) is 1. The van der Waals surface area contributed by atoms with E-state index in [0.717, 1.165) is 25.7 Å². The molecule has 1 heterocycles. The molecule has 1 aromatic carbocycles. The van der Waals surface area contributed by atoms with Gasteiger partial charge in [-0.2, -0.15) is 0 Å². The van der Waals surface area contributed by atoms with Crippen LogP contribution in [0.1, 0.15) is 32.1 Å². The van der Waals surface area contributed by atoms with Gasteiger partial charge in [0.1, 0.15) is 5.25 Å². The van der Waals surface area contributed by atoms with Gasteiger partial charge in [-0.05, 0) is 43.4 Å². The van der Waals surface area contributed by atoms with Gasteiger partial charge in [0, 0.05) is 6.04 Å². The van der Waals surface area contributed by atoms with Crippen molar-refractivity contribution < 1.29 is 13.2 Å². The summed E-state index contributed by atoms with van der Waals surface area (Å²) in [6.45, 7) is 0. The first-order chi connectivity index (χ1) is 10.4. The van der Waals surface area contributed by atoms with Crippen LogP contribution in [0.2, 0.25) is 10.0 Å². The van der Waals surface area contributed by atoms with E-state index < -0.39 is 21.0 Å². The van der Waals surface area contributed by atoms with Gasteiger partial charge in [-0.15, -0.1) is 0 Å². The molecule has 1 aliphatic heterocycles. The zero-order valence-corrected chi connectivity index (χ0v) is 14.2. The highest BCUT2D eigenvalue weighted by Gasteiger charge is 2.43. The fourth-order valence-electron chi connectivity index (χ4n) is 3.42. The van der Waals surface area contributed by atoms with E-state index >= 15 is 0 Å². The Hall–Kier alpha value is -0.780. The average molecular weight is 362 g/mol. The number of fused-ring (bicyclic) bond motifs is 1. The molecule has 1 aliphatic carbocycles. The zero-order chi connectivity index (χ0) is 15.9. The standard InChI is InChI=1S/C15H17Cl2NO3S/c16-11-6-5-10(8-12(11)17)22(20,21)14-7-9-3-1-2-4-13(9)18-15(14)19/h5-6,8-9,13-14H,1-4,7H2,(H,18,19). The van der Waals surface area contributed by atoms with Crippen molar-refractivity contribution in [3.05, 3.63) is 28.2 Å². The Bertz CT molecular complexity index is 705. The summed E-state index contributed by atoms with van der Waals surface area (Å²) in [5.41, 5.74) is 0. The maximum Gasteiger partial charge on any atom is 0.238 e. The molecule has 3 atom stereocenters. The zero-order valence-electron chi connectivity index (χ0n) is 11.9. The molecule has 4 nitrogen and oxygen atoms in total. The van der Waals surface area contributed by atoms with Crippen molar-refractivity contribution in [1.82, 2.24) is 5.32 Å². The summed E-state index contributed by atoms with van der Waals surface area (Å²) in [5.74, 6) is -0.150. The third-order valence-electron chi connectivity index (χ3n) is 4.64. The average Bonchev–Trinajstić information content (AvgIpc) is 2.49. The minimum absolute atomic E-state index is 0.0521. The Morgan fingerprint density at radius 2 is 1.82 bits per heavy atom. The summed E-state index contributed by atoms with van der Waals surface area (Å²) in [5, 5.41) is 2.32. The van der Waals surface area contributed by atoms with Crippen molar-refractivity contribution in [3.8, 4) is 0 Å². The van der Waals surface area contributed by atoms with E-state index in [9.17, 15) is 13.2 Å². The van der Waals surface area contributed by atoms with E-state index in [4.69, 9.17) is 23.2 Å². The van der Waals surface area contributed by atoms with Crippen LogP contribution >= 0.6 is 23.2 Å². The Kier molecular flexibility index (Phi) is 4.40. The van der Waals surface area contributed by atoms with Crippen LogP contribution in [0.25, 0.3) is 0 Å². The molecule has 3 unspecified atom stereocenters. The second-order valence-electron chi connectivity index (χ2n) is 6.00. The lowest BCUT2D eigenvalue weighted by Gasteiger charge is -2.39. The molecule has 2 fully saturated rings. The van der Waals surface area contributed by atoms with E-state index in [1.54, 1.807) is 0 Å². The van der Waals surface area contributed by atoms with Gasteiger partial charge in [-0.1, -0.05) is 36.0 Å². The molecule has 1 N–H and O–H groups in total. The van der Waals surface area contributed by atoms with Crippen molar-refractivity contribution in [2.45, 2.75) is 48.3 Å². The monoisotopic (exact) mass is 361 g/mol. The predicted octanol–water partition coefficient (Wildman–Crippen LogP) is 3.21. The summed E-state index contributed by atoms with van der Waals surface area (Å²) in [6.07, 6.45) is 4.48. The van der Waals surface area contributed by atoms with E-state index in [1.807, 2.05) is 0 Å². The molecule has 3 rings (SSSR count). The minimum Gasteiger partial charge on any atom is -0.352 e. The normalized spacial score (nSPS) is 28.8. The van der Waals surface area contributed by atoms with E-state index in [-0.39, 0.29) is 21.9 Å². The number of piperidine rings is 1. The smallest absolute Gasteiger partial charge is 0.238 e. The second-order valence-corrected chi connectivity index (χ2v) is 8.95. The van der Waals surface area contributed by atoms with Gasteiger partial charge in [0.15, 0.2) is 9.84 Å². The highest BCUT2D eigenvalue weighted by atomic mass is 35.5. The van der Waals surface area contributed by atoms with Crippen LogP contribution in [0, 0.1) is 5.92 Å². The van der Waals surface area contributed by atoms with Crippen LogP contribution < -0.4 is 5.32 Å². The van der Waals surface area contributed by atoms with Gasteiger partial charge in [-0.3, -0.25) is 4.79 Å². The molecule has 22 heavy (non-hydrogen) atoms. The predicted molar refractivity (Wildman–Crippen MR) is 85.9 cm³/mol. The van der Waals surface area contributed by atoms with Gasteiger partial charge in [-0.25, -0.2) is 8.42 Å². The molecule has 2 aliphatic rings. The Balaban J connectivity index is 1.90. The first kappa shape index (κ1) is 16.1. The quantitative estimate of drug-likeness (QED) is 0.879. The van der Waals surface area contributed by atoms with Gasteiger partial charge in [0.05, 0.1) is 14.9 Å². The Morgan fingerprint density at radius 1 is 1.09 bits per heavy atom. The summed E-state index contributed by atoms with van der Waals surface area (Å²) in [7, 11) is -3.76. The van der Waals surface area contributed by atoms with Crippen molar-refractivity contribution in [3.63, 3.8) is 0 Å². The molecular formula is C15H17Cl2NO3S. The third-order valence-corrected chi connectivity index (χ3v) is 7.45. The molecule has 1 saturated heterocycles. The number of carbonyl (C=O) groups is 1. The van der Waals surface area contributed by atoms with Crippen LogP contribution in [0.15, 0.2) is 23.1 Å². The first-order valence-electron chi connectivity index (χ1n) is 7.39. The highest BCUT2D eigenvalue weighted by molar-refractivity contribution is 7.92. The van der Waals surface area contributed by atoms with Crippen LogP contribution in [-0.4, -0.2) is 25.6 Å². The Morgan fingerprint density at radius 3 is 2.55 bits per heavy atom. The van der Waals surface area contributed by atoms with Crippen LogP contribution in [0.4, 0.5) is 0 Å². The maximum absolute atomic E-state index is 12.8. The minimum atomic E-state index is -3.76. The molecule has 0 radical (unpaired) electrons. The van der Waals surface area contributed by atoms with Crippen molar-refractivity contribution in [2.24, 2.45) is 5.92 Å². The van der Waals surface area contributed by atoms with Gasteiger partial charge >= 0.3 is 0 Å². The largest absolute Gasteiger partial charge is 0.352 e. The number of hydrogen-bond donors (Lipinski definition) is 1. The van der Waals surface area contributed by atoms with Crippen LogP contribution in [0.5, 0.6) is 0 Å². The third kappa shape index (κ3) is 2.86. The second kappa shape index (κ2) is 6.02. The molecule has 0 spiro atoms. The summed E-state index contributed by atoms with van der Waals surface area (Å²) in [6, 6.07) is 4.30. The van der Waals surface area contributed by atoms with E-state index in [1.165, 1.54) is 18.2 Å². The summed E-state index contributed by atoms with van der Waals surface area (Å²) in [4.78, 5) is 12.3. The number of benzene rings is 1. The topological polar surface area (TPSA) is 63.2 Å². The lowest BCUT2D eigenvalue weighted by molar-refractivity contribution is -0.124. The molecule has 0 aromatic heterocycles. The van der Waals surface area contributed by atoms with Crippen molar-refractivity contribution >= 4 is 38.9 Å². The molecule has 1 amide bonds. The molecule has 0 bridgehead atoms. The van der Waals surface area contributed by atoms with Crippen LogP contribution in [0.3, 0.4) is 0 Å². The maximum atomic E-state index is 12.8. The molecule has 1 aromatic rings. The number of rotatable bonds is 2. The lowest BCUT2D eigenvalue weighted by atomic mass is 9.79. The molecular weight excluding hydrogens is 345 g/mol. The fraction of sp³-hybridized carbons (Fsp3) is 0.533. The van der Waals surface area contributed by atoms with E-state index in [0.29, 0.717) is 11.4 Å². The van der Waals surface area contributed by atoms with Crippen LogP contribution in [-0.2, 0) is 14.6 Å². The molecule has 1 saturated carbocycles. The van der Waals surface area contributed by atoms with Gasteiger partial charge in [0.25, 0.3) is 0 Å². The Labute approximate surface area is 140 Å². The molecule has 120 valence electrons. The molecule has 7 heteroatoms. The van der Waals surface area contributed by atoms with E-state index in [2.05, 4.69) is 5.32 Å². The number of halogens is 2. The SMILES string of the molecule is O=C1NC2CCCCC2CC1S(=O)(=O)c1ccc(Cl)c(Cl)c1. The number of hydrogen-bond acceptors (Lipinski definition) is 3. The van der Waals surface area contributed by atoms with Gasteiger partial charge in [0.2, 0.25) is 5.91 Å². The lowest BCUT2D eigenvalue weighted by Crippen LogP contribution is -2.55. The fourth-order valence-corrected chi connectivity index (χ4v) is 5.50. The van der Waals surface area contributed by atoms with Gasteiger partial charge < -0.3 is 5.32 Å². The number of carbonyl (C=O) groups excluding carboxylic acids is 1. The number of amides is 1. The van der Waals surface area contributed by atoms with Crippen molar-refractivity contribution in [2.75, 3.05) is 0 Å². The highest BCUT2D eigenvalue weighted by Crippen LogP contribution is 2.35.